The third-order valence-corrected chi connectivity index (χ3v) is 6.16. The van der Waals surface area contributed by atoms with E-state index in [0.29, 0.717) is 35.0 Å². The molecule has 0 amide bonds. The second-order valence-corrected chi connectivity index (χ2v) is 8.12. The lowest BCUT2D eigenvalue weighted by molar-refractivity contribution is 0.280. The fourth-order valence-electron chi connectivity index (χ4n) is 3.15. The highest BCUT2D eigenvalue weighted by molar-refractivity contribution is 7.90. The van der Waals surface area contributed by atoms with Gasteiger partial charge in [-0.05, 0) is 55.8 Å². The lowest BCUT2D eigenvalue weighted by Crippen LogP contribution is -2.28. The van der Waals surface area contributed by atoms with E-state index in [-0.39, 0.29) is 4.90 Å². The highest BCUT2D eigenvalue weighted by atomic mass is 32.2. The molecule has 2 aromatic carbocycles. The molecule has 136 valence electrons. The number of benzene rings is 2. The second kappa shape index (κ2) is 6.62. The molecule has 0 unspecified atom stereocenters. The van der Waals surface area contributed by atoms with Crippen LogP contribution in [-0.2, 0) is 10.0 Å². The van der Waals surface area contributed by atoms with Gasteiger partial charge >= 0.3 is 0 Å². The van der Waals surface area contributed by atoms with Gasteiger partial charge in [-0.25, -0.2) is 0 Å². The van der Waals surface area contributed by atoms with Crippen molar-refractivity contribution >= 4 is 26.6 Å². The maximum atomic E-state index is 12.9. The molecule has 7 nitrogen and oxygen atoms in total. The van der Waals surface area contributed by atoms with Gasteiger partial charge in [-0.1, -0.05) is 6.07 Å². The first-order valence-corrected chi connectivity index (χ1v) is 9.94. The summed E-state index contributed by atoms with van der Waals surface area (Å²) in [5.74, 6) is 0.634. The number of rotatable bonds is 5. The molecule has 1 atom stereocenters. The third kappa shape index (κ3) is 3.02. The largest absolute Gasteiger partial charge is 0.491 e. The Bertz CT molecular complexity index is 1020. The van der Waals surface area contributed by atoms with E-state index in [9.17, 15) is 8.42 Å². The van der Waals surface area contributed by atoms with Crippen LogP contribution in [0.15, 0.2) is 53.6 Å². The first-order chi connectivity index (χ1) is 12.6. The summed E-state index contributed by atoms with van der Waals surface area (Å²) in [7, 11) is -3.80. The zero-order valence-electron chi connectivity index (χ0n) is 14.1. The summed E-state index contributed by atoms with van der Waals surface area (Å²) in [5.41, 5.74) is 6.64. The van der Waals surface area contributed by atoms with E-state index < -0.39 is 10.0 Å². The Labute approximate surface area is 151 Å². The molecule has 0 saturated carbocycles. The monoisotopic (exact) mass is 372 g/mol. The standard InChI is InChI=1S/C18H20N4O3S/c19-13-6-8-15(9-7-13)26(23,24)22-17-4-1-5-18(16(17)11-21-22)25-12-14-3-2-10-20-14/h1,4-9,11,14,20H,2-3,10,12,19H2/t14-/m0/s1. The molecule has 0 spiro atoms. The Morgan fingerprint density at radius 1 is 1.23 bits per heavy atom. The van der Waals surface area contributed by atoms with E-state index in [2.05, 4.69) is 10.4 Å². The SMILES string of the molecule is Nc1ccc(S(=O)(=O)n2ncc3c(OC[C@@H]4CCCN4)cccc32)cc1. The van der Waals surface area contributed by atoms with Crippen LogP contribution in [0.5, 0.6) is 5.75 Å². The number of nitrogen functional groups attached to an aromatic ring is 1. The first kappa shape index (κ1) is 16.9. The van der Waals surface area contributed by atoms with Crippen molar-refractivity contribution < 1.29 is 13.2 Å². The molecule has 1 aliphatic heterocycles. The molecule has 1 saturated heterocycles. The number of anilines is 1. The van der Waals surface area contributed by atoms with E-state index in [4.69, 9.17) is 10.5 Å². The van der Waals surface area contributed by atoms with Gasteiger partial charge in [-0.3, -0.25) is 0 Å². The maximum absolute atomic E-state index is 12.9. The fourth-order valence-corrected chi connectivity index (χ4v) is 4.42. The van der Waals surface area contributed by atoms with E-state index in [0.717, 1.165) is 23.5 Å². The van der Waals surface area contributed by atoms with Gasteiger partial charge in [0.1, 0.15) is 12.4 Å². The summed E-state index contributed by atoms with van der Waals surface area (Å²) in [4.78, 5) is 0.137. The topological polar surface area (TPSA) is 99.2 Å². The zero-order valence-corrected chi connectivity index (χ0v) is 14.9. The normalized spacial score (nSPS) is 17.6. The molecule has 0 bridgehead atoms. The molecule has 4 rings (SSSR count). The van der Waals surface area contributed by atoms with Crippen LogP contribution in [-0.4, -0.2) is 36.8 Å². The van der Waals surface area contributed by atoms with Crippen LogP contribution >= 0.6 is 0 Å². The molecule has 0 radical (unpaired) electrons. The highest BCUT2D eigenvalue weighted by Crippen LogP contribution is 2.28. The van der Waals surface area contributed by atoms with Gasteiger partial charge in [0.2, 0.25) is 0 Å². The molecule has 3 N–H and O–H groups in total. The van der Waals surface area contributed by atoms with Gasteiger partial charge in [0.25, 0.3) is 10.0 Å². The van der Waals surface area contributed by atoms with E-state index in [1.165, 1.54) is 18.3 Å². The van der Waals surface area contributed by atoms with E-state index >= 15 is 0 Å². The Balaban J connectivity index is 1.68. The van der Waals surface area contributed by atoms with Crippen molar-refractivity contribution in [3.63, 3.8) is 0 Å². The van der Waals surface area contributed by atoms with Gasteiger partial charge < -0.3 is 15.8 Å². The minimum absolute atomic E-state index is 0.137. The molecule has 2 heterocycles. The summed E-state index contributed by atoms with van der Waals surface area (Å²) in [6.07, 6.45) is 3.76. The molecule has 26 heavy (non-hydrogen) atoms. The number of nitrogens with one attached hydrogen (secondary N) is 1. The molecule has 3 aromatic rings. The lowest BCUT2D eigenvalue weighted by atomic mass is 10.2. The third-order valence-electron chi connectivity index (χ3n) is 4.55. The van der Waals surface area contributed by atoms with Gasteiger partial charge in [0.15, 0.2) is 0 Å². The zero-order chi connectivity index (χ0) is 18.1. The van der Waals surface area contributed by atoms with Crippen LogP contribution in [0.25, 0.3) is 10.9 Å². The Hall–Kier alpha value is -2.58. The number of hydrogen-bond acceptors (Lipinski definition) is 6. The van der Waals surface area contributed by atoms with Crippen LogP contribution in [0.2, 0.25) is 0 Å². The summed E-state index contributed by atoms with van der Waals surface area (Å²) >= 11 is 0. The van der Waals surface area contributed by atoms with Crippen molar-refractivity contribution in [3.8, 4) is 5.75 Å². The van der Waals surface area contributed by atoms with E-state index in [1.807, 2.05) is 6.07 Å². The van der Waals surface area contributed by atoms with Crippen molar-refractivity contribution in [2.24, 2.45) is 0 Å². The first-order valence-electron chi connectivity index (χ1n) is 8.50. The minimum Gasteiger partial charge on any atom is -0.491 e. The summed E-state index contributed by atoms with van der Waals surface area (Å²) in [6, 6.07) is 11.7. The second-order valence-electron chi connectivity index (χ2n) is 6.35. The predicted octanol–water partition coefficient (Wildman–Crippen LogP) is 1.99. The van der Waals surface area contributed by atoms with Gasteiger partial charge in [-0.2, -0.15) is 17.6 Å². The molecule has 1 fully saturated rings. The Morgan fingerprint density at radius 2 is 2.04 bits per heavy atom. The number of nitrogens with two attached hydrogens (primary N) is 1. The van der Waals surface area contributed by atoms with Crippen molar-refractivity contribution in [2.45, 2.75) is 23.8 Å². The average Bonchev–Trinajstić information content (AvgIpc) is 3.30. The van der Waals surface area contributed by atoms with Crippen LogP contribution in [0.4, 0.5) is 5.69 Å². The summed E-state index contributed by atoms with van der Waals surface area (Å²) in [6.45, 7) is 1.56. The Morgan fingerprint density at radius 3 is 2.77 bits per heavy atom. The van der Waals surface area contributed by atoms with Crippen molar-refractivity contribution in [3.05, 3.63) is 48.7 Å². The number of hydrogen-bond donors (Lipinski definition) is 2. The van der Waals surface area contributed by atoms with Crippen LogP contribution in [0.3, 0.4) is 0 Å². The number of ether oxygens (including phenoxy) is 1. The summed E-state index contributed by atoms with van der Waals surface area (Å²) in [5, 5.41) is 8.16. The van der Waals surface area contributed by atoms with Crippen molar-refractivity contribution in [2.75, 3.05) is 18.9 Å². The van der Waals surface area contributed by atoms with E-state index in [1.54, 1.807) is 24.3 Å². The molecule has 8 heteroatoms. The highest BCUT2D eigenvalue weighted by Gasteiger charge is 2.22. The number of fused-ring (bicyclic) bond motifs is 1. The minimum atomic E-state index is -3.80. The summed E-state index contributed by atoms with van der Waals surface area (Å²) < 4.78 is 32.8. The average molecular weight is 372 g/mol. The van der Waals surface area contributed by atoms with Crippen molar-refractivity contribution in [1.29, 1.82) is 0 Å². The molecule has 1 aromatic heterocycles. The molecule has 1 aliphatic rings. The van der Waals surface area contributed by atoms with Crippen LogP contribution in [0, 0.1) is 0 Å². The fraction of sp³-hybridized carbons (Fsp3) is 0.278. The molecule has 0 aliphatic carbocycles. The number of aromatic nitrogens is 2. The predicted molar refractivity (Wildman–Crippen MR) is 99.7 cm³/mol. The van der Waals surface area contributed by atoms with Gasteiger partial charge in [-0.15, -0.1) is 0 Å². The molecular weight excluding hydrogens is 352 g/mol. The maximum Gasteiger partial charge on any atom is 0.283 e. The Kier molecular flexibility index (Phi) is 4.29. The van der Waals surface area contributed by atoms with Crippen LogP contribution in [0.1, 0.15) is 12.8 Å². The molecular formula is C18H20N4O3S. The smallest absolute Gasteiger partial charge is 0.283 e. The lowest BCUT2D eigenvalue weighted by Gasteiger charge is -2.13. The van der Waals surface area contributed by atoms with Gasteiger partial charge in [0, 0.05) is 11.7 Å². The number of nitrogens with zero attached hydrogens (tertiary/aromatic N) is 2. The van der Waals surface area contributed by atoms with Gasteiger partial charge in [0.05, 0.1) is 22.0 Å². The van der Waals surface area contributed by atoms with Crippen LogP contribution < -0.4 is 15.8 Å². The van der Waals surface area contributed by atoms with Crippen molar-refractivity contribution in [1.82, 2.24) is 14.5 Å². The quantitative estimate of drug-likeness (QED) is 0.665.